The largest absolute Gasteiger partial charge is 0.416 e. The van der Waals surface area contributed by atoms with Crippen molar-refractivity contribution in [3.8, 4) is 0 Å². The minimum absolute atomic E-state index is 0.0565. The number of halogens is 4. The fraction of sp³-hybridized carbons (Fsp3) is 0.308. The van der Waals surface area contributed by atoms with E-state index in [0.717, 1.165) is 0 Å². The molecule has 0 aliphatic rings. The third-order valence-corrected chi connectivity index (χ3v) is 2.85. The Morgan fingerprint density at radius 3 is 2.55 bits per heavy atom. The number of benzene rings is 1. The van der Waals surface area contributed by atoms with Gasteiger partial charge in [-0.1, -0.05) is 0 Å². The molecule has 0 radical (unpaired) electrons. The predicted octanol–water partition coefficient (Wildman–Crippen LogP) is 2.85. The van der Waals surface area contributed by atoms with Crippen LogP contribution in [0.5, 0.6) is 0 Å². The van der Waals surface area contributed by atoms with Crippen LogP contribution < -0.4 is 0 Å². The average molecular weight is 288 g/mol. The van der Waals surface area contributed by atoms with E-state index < -0.39 is 23.7 Å². The minimum atomic E-state index is -4.58. The van der Waals surface area contributed by atoms with Gasteiger partial charge in [-0.25, -0.2) is 4.39 Å². The number of aliphatic hydroxyl groups is 1. The summed E-state index contributed by atoms with van der Waals surface area (Å²) in [4.78, 5) is 0. The number of aryl methyl sites for hydroxylation is 1. The molecule has 1 atom stereocenters. The molecule has 0 fully saturated rings. The van der Waals surface area contributed by atoms with Crippen LogP contribution in [0.2, 0.25) is 0 Å². The summed E-state index contributed by atoms with van der Waals surface area (Å²) >= 11 is 0. The maximum absolute atomic E-state index is 13.6. The van der Waals surface area contributed by atoms with Crippen molar-refractivity contribution in [2.75, 3.05) is 0 Å². The van der Waals surface area contributed by atoms with Crippen LogP contribution in [0.15, 0.2) is 30.5 Å². The van der Waals surface area contributed by atoms with E-state index >= 15 is 0 Å². The van der Waals surface area contributed by atoms with Crippen molar-refractivity contribution in [1.29, 1.82) is 0 Å². The van der Waals surface area contributed by atoms with Crippen molar-refractivity contribution >= 4 is 0 Å². The van der Waals surface area contributed by atoms with Gasteiger partial charge >= 0.3 is 6.18 Å². The molecule has 3 nitrogen and oxygen atoms in total. The Kier molecular flexibility index (Phi) is 3.80. The highest BCUT2D eigenvalue weighted by Crippen LogP contribution is 2.32. The van der Waals surface area contributed by atoms with Crippen molar-refractivity contribution < 1.29 is 22.7 Å². The molecule has 1 unspecified atom stereocenters. The van der Waals surface area contributed by atoms with Crippen LogP contribution in [0.1, 0.15) is 22.9 Å². The van der Waals surface area contributed by atoms with Crippen LogP contribution in [0, 0.1) is 5.82 Å². The molecule has 0 aliphatic heterocycles. The van der Waals surface area contributed by atoms with Gasteiger partial charge in [0.15, 0.2) is 0 Å². The van der Waals surface area contributed by atoms with Gasteiger partial charge in [-0.05, 0) is 24.3 Å². The van der Waals surface area contributed by atoms with Crippen molar-refractivity contribution in [1.82, 2.24) is 9.78 Å². The molecule has 0 spiro atoms. The van der Waals surface area contributed by atoms with Crippen LogP contribution in [0.25, 0.3) is 0 Å². The van der Waals surface area contributed by atoms with Gasteiger partial charge in [-0.3, -0.25) is 4.68 Å². The maximum Gasteiger partial charge on any atom is 0.416 e. The topological polar surface area (TPSA) is 38.0 Å². The Labute approximate surface area is 112 Å². The van der Waals surface area contributed by atoms with E-state index in [1.54, 1.807) is 19.3 Å². The average Bonchev–Trinajstić information content (AvgIpc) is 2.73. The van der Waals surface area contributed by atoms with Gasteiger partial charge in [-0.2, -0.15) is 18.3 Å². The van der Waals surface area contributed by atoms with Gasteiger partial charge in [0.2, 0.25) is 0 Å². The first-order chi connectivity index (χ1) is 9.27. The highest BCUT2D eigenvalue weighted by atomic mass is 19.4. The first kappa shape index (κ1) is 14.5. The van der Waals surface area contributed by atoms with E-state index in [9.17, 15) is 22.7 Å². The number of aliphatic hydroxyl groups excluding tert-OH is 1. The molecule has 2 aromatic rings. The number of aromatic nitrogens is 2. The van der Waals surface area contributed by atoms with Crippen LogP contribution in [-0.4, -0.2) is 14.9 Å². The van der Waals surface area contributed by atoms with Gasteiger partial charge in [0.05, 0.1) is 17.4 Å². The molecular weight excluding hydrogens is 276 g/mol. The second-order valence-electron chi connectivity index (χ2n) is 4.43. The Morgan fingerprint density at radius 2 is 2.00 bits per heavy atom. The molecule has 1 aromatic heterocycles. The standard InChI is InChI=1S/C13H12F4N2O/c1-19-5-4-9(18-19)7-12(20)10-6-8(13(15,16)17)2-3-11(10)14/h2-6,12,20H,7H2,1H3. The van der Waals surface area contributed by atoms with Gasteiger partial charge < -0.3 is 5.11 Å². The molecule has 0 saturated carbocycles. The van der Waals surface area contributed by atoms with E-state index in [1.807, 2.05) is 0 Å². The molecule has 2 rings (SSSR count). The van der Waals surface area contributed by atoms with E-state index in [4.69, 9.17) is 0 Å². The zero-order valence-corrected chi connectivity index (χ0v) is 10.5. The molecule has 0 bridgehead atoms. The summed E-state index contributed by atoms with van der Waals surface area (Å²) in [6, 6.07) is 3.59. The molecule has 1 aromatic carbocycles. The third-order valence-electron chi connectivity index (χ3n) is 2.85. The summed E-state index contributed by atoms with van der Waals surface area (Å²) in [5.74, 6) is -0.874. The van der Waals surface area contributed by atoms with E-state index in [1.165, 1.54) is 4.68 Å². The molecule has 7 heteroatoms. The van der Waals surface area contributed by atoms with Gasteiger partial charge in [-0.15, -0.1) is 0 Å². The van der Waals surface area contributed by atoms with Crippen LogP contribution in [0.4, 0.5) is 17.6 Å². The highest BCUT2D eigenvalue weighted by Gasteiger charge is 2.31. The first-order valence-electron chi connectivity index (χ1n) is 5.80. The Morgan fingerprint density at radius 1 is 1.30 bits per heavy atom. The summed E-state index contributed by atoms with van der Waals surface area (Å²) < 4.78 is 52.8. The Balaban J connectivity index is 2.27. The molecular formula is C13H12F4N2O. The number of rotatable bonds is 3. The molecule has 0 aliphatic carbocycles. The SMILES string of the molecule is Cn1ccc(CC(O)c2cc(C(F)(F)F)ccc2F)n1. The zero-order valence-electron chi connectivity index (χ0n) is 10.5. The van der Waals surface area contributed by atoms with Gasteiger partial charge in [0, 0.05) is 25.2 Å². The van der Waals surface area contributed by atoms with Gasteiger partial charge in [0.25, 0.3) is 0 Å². The van der Waals surface area contributed by atoms with E-state index in [2.05, 4.69) is 5.10 Å². The second-order valence-corrected chi connectivity index (χ2v) is 4.43. The molecule has 1 heterocycles. The maximum atomic E-state index is 13.6. The summed E-state index contributed by atoms with van der Waals surface area (Å²) in [7, 11) is 1.67. The molecule has 108 valence electrons. The lowest BCUT2D eigenvalue weighted by Gasteiger charge is -2.14. The lowest BCUT2D eigenvalue weighted by Crippen LogP contribution is -2.10. The normalized spacial score (nSPS) is 13.5. The third kappa shape index (κ3) is 3.16. The quantitative estimate of drug-likeness (QED) is 0.882. The van der Waals surface area contributed by atoms with Crippen LogP contribution in [-0.2, 0) is 19.6 Å². The van der Waals surface area contributed by atoms with Crippen molar-refractivity contribution in [3.63, 3.8) is 0 Å². The predicted molar refractivity (Wildman–Crippen MR) is 63.3 cm³/mol. The Hall–Kier alpha value is -1.89. The number of nitrogens with zero attached hydrogens (tertiary/aromatic N) is 2. The molecule has 20 heavy (non-hydrogen) atoms. The number of alkyl halides is 3. The molecule has 0 amide bonds. The lowest BCUT2D eigenvalue weighted by atomic mass is 10.0. The fourth-order valence-corrected chi connectivity index (χ4v) is 1.86. The number of hydrogen-bond acceptors (Lipinski definition) is 2. The Bertz CT molecular complexity index is 607. The van der Waals surface area contributed by atoms with E-state index in [0.29, 0.717) is 23.9 Å². The summed E-state index contributed by atoms with van der Waals surface area (Å²) in [6.07, 6.45) is -4.39. The van der Waals surface area contributed by atoms with Crippen molar-refractivity contribution in [3.05, 3.63) is 53.1 Å². The smallest absolute Gasteiger partial charge is 0.388 e. The second kappa shape index (κ2) is 5.24. The zero-order chi connectivity index (χ0) is 14.9. The van der Waals surface area contributed by atoms with Crippen molar-refractivity contribution in [2.45, 2.75) is 18.7 Å². The monoisotopic (exact) mass is 288 g/mol. The van der Waals surface area contributed by atoms with Crippen LogP contribution >= 0.6 is 0 Å². The lowest BCUT2D eigenvalue weighted by molar-refractivity contribution is -0.137. The molecule has 0 saturated heterocycles. The number of hydrogen-bond donors (Lipinski definition) is 1. The van der Waals surface area contributed by atoms with E-state index in [-0.39, 0.29) is 12.0 Å². The summed E-state index contributed by atoms with van der Waals surface area (Å²) in [6.45, 7) is 0. The molecule has 1 N–H and O–H groups in total. The summed E-state index contributed by atoms with van der Waals surface area (Å²) in [5.41, 5.74) is -0.906. The summed E-state index contributed by atoms with van der Waals surface area (Å²) in [5, 5.41) is 13.9. The van der Waals surface area contributed by atoms with Crippen LogP contribution in [0.3, 0.4) is 0 Å². The highest BCUT2D eigenvalue weighted by molar-refractivity contribution is 5.29. The van der Waals surface area contributed by atoms with Gasteiger partial charge in [0.1, 0.15) is 5.82 Å². The minimum Gasteiger partial charge on any atom is -0.388 e. The fourth-order valence-electron chi connectivity index (χ4n) is 1.86. The van der Waals surface area contributed by atoms with Crippen molar-refractivity contribution in [2.24, 2.45) is 7.05 Å². The first-order valence-corrected chi connectivity index (χ1v) is 5.80.